The van der Waals surface area contributed by atoms with E-state index in [-0.39, 0.29) is 0 Å². The third-order valence-corrected chi connectivity index (χ3v) is 3.19. The molecule has 0 aliphatic heterocycles. The lowest BCUT2D eigenvalue weighted by Gasteiger charge is -2.10. The second-order valence-corrected chi connectivity index (χ2v) is 4.76. The van der Waals surface area contributed by atoms with Gasteiger partial charge in [-0.05, 0) is 30.8 Å². The van der Waals surface area contributed by atoms with E-state index in [4.69, 9.17) is 21.6 Å². The predicted molar refractivity (Wildman–Crippen MR) is 79.7 cm³/mol. The van der Waals surface area contributed by atoms with E-state index in [1.165, 1.54) is 0 Å². The largest absolute Gasteiger partial charge is 0.487 e. The van der Waals surface area contributed by atoms with Crippen LogP contribution in [0, 0.1) is 11.3 Å². The molecule has 0 aliphatic carbocycles. The van der Waals surface area contributed by atoms with Crippen molar-refractivity contribution in [3.05, 3.63) is 64.2 Å². The molecule has 4 heteroatoms. The topological polar surface area (TPSA) is 45.0 Å². The quantitative estimate of drug-likeness (QED) is 0.915. The first-order chi connectivity index (χ1) is 9.74. The van der Waals surface area contributed by atoms with Gasteiger partial charge in [0, 0.05) is 12.1 Å². The van der Waals surface area contributed by atoms with Crippen LogP contribution in [0.1, 0.15) is 16.7 Å². The smallest absolute Gasteiger partial charge is 0.138 e. The first kappa shape index (κ1) is 14.4. The SMILES string of the molecule is CNCc1ccc(OCc2ccccc2C#N)c(Cl)c1. The van der Waals surface area contributed by atoms with Gasteiger partial charge in [-0.3, -0.25) is 0 Å². The van der Waals surface area contributed by atoms with Crippen LogP contribution in [0.2, 0.25) is 5.02 Å². The Morgan fingerprint density at radius 1 is 1.25 bits per heavy atom. The van der Waals surface area contributed by atoms with E-state index in [9.17, 15) is 0 Å². The van der Waals surface area contributed by atoms with E-state index in [0.29, 0.717) is 22.9 Å². The molecule has 0 amide bonds. The van der Waals surface area contributed by atoms with E-state index in [0.717, 1.165) is 17.7 Å². The summed E-state index contributed by atoms with van der Waals surface area (Å²) in [5.41, 5.74) is 2.57. The summed E-state index contributed by atoms with van der Waals surface area (Å²) in [7, 11) is 1.89. The van der Waals surface area contributed by atoms with Crippen LogP contribution in [-0.4, -0.2) is 7.05 Å². The molecule has 0 unspecified atom stereocenters. The molecule has 0 aromatic heterocycles. The maximum atomic E-state index is 9.03. The fraction of sp³-hybridized carbons (Fsp3) is 0.188. The lowest BCUT2D eigenvalue weighted by atomic mass is 10.1. The Kier molecular flexibility index (Phi) is 5.00. The first-order valence-electron chi connectivity index (χ1n) is 6.28. The highest BCUT2D eigenvalue weighted by atomic mass is 35.5. The molecule has 2 aromatic rings. The van der Waals surface area contributed by atoms with Crippen molar-refractivity contribution in [1.82, 2.24) is 5.32 Å². The number of hydrogen-bond donors (Lipinski definition) is 1. The van der Waals surface area contributed by atoms with Gasteiger partial charge in [-0.2, -0.15) is 5.26 Å². The van der Waals surface area contributed by atoms with Crippen molar-refractivity contribution in [2.24, 2.45) is 0 Å². The van der Waals surface area contributed by atoms with E-state index in [1.807, 2.05) is 43.4 Å². The number of benzene rings is 2. The van der Waals surface area contributed by atoms with Gasteiger partial charge in [0.1, 0.15) is 12.4 Å². The third-order valence-electron chi connectivity index (χ3n) is 2.90. The fourth-order valence-electron chi connectivity index (χ4n) is 1.89. The summed E-state index contributed by atoms with van der Waals surface area (Å²) in [5.74, 6) is 0.624. The number of nitrogens with one attached hydrogen (secondary N) is 1. The van der Waals surface area contributed by atoms with E-state index >= 15 is 0 Å². The maximum Gasteiger partial charge on any atom is 0.138 e. The van der Waals surface area contributed by atoms with Gasteiger partial charge in [0.2, 0.25) is 0 Å². The highest BCUT2D eigenvalue weighted by Crippen LogP contribution is 2.26. The van der Waals surface area contributed by atoms with Crippen molar-refractivity contribution in [3.63, 3.8) is 0 Å². The van der Waals surface area contributed by atoms with E-state index in [1.54, 1.807) is 6.07 Å². The molecule has 3 nitrogen and oxygen atoms in total. The summed E-state index contributed by atoms with van der Waals surface area (Å²) in [4.78, 5) is 0. The van der Waals surface area contributed by atoms with Crippen LogP contribution in [0.4, 0.5) is 0 Å². The van der Waals surface area contributed by atoms with Gasteiger partial charge in [0.15, 0.2) is 0 Å². The Morgan fingerprint density at radius 2 is 2.05 bits per heavy atom. The Labute approximate surface area is 123 Å². The number of rotatable bonds is 5. The minimum absolute atomic E-state index is 0.328. The standard InChI is InChI=1S/C16H15ClN2O/c1-19-10-12-6-7-16(15(17)8-12)20-11-14-5-3-2-4-13(14)9-18/h2-8,19H,10-11H2,1H3. The fourth-order valence-corrected chi connectivity index (χ4v) is 2.14. The molecule has 2 aromatic carbocycles. The van der Waals surface area contributed by atoms with Crippen molar-refractivity contribution < 1.29 is 4.74 Å². The minimum Gasteiger partial charge on any atom is -0.487 e. The molecule has 1 N–H and O–H groups in total. The molecule has 0 atom stereocenters. The molecular weight excluding hydrogens is 272 g/mol. The van der Waals surface area contributed by atoms with Crippen LogP contribution in [-0.2, 0) is 13.2 Å². The van der Waals surface area contributed by atoms with Crippen molar-refractivity contribution in [2.45, 2.75) is 13.2 Å². The first-order valence-corrected chi connectivity index (χ1v) is 6.66. The summed E-state index contributed by atoms with van der Waals surface area (Å²) in [5, 5.41) is 12.7. The highest BCUT2D eigenvalue weighted by molar-refractivity contribution is 6.32. The average molecular weight is 287 g/mol. The second-order valence-electron chi connectivity index (χ2n) is 4.35. The zero-order chi connectivity index (χ0) is 14.4. The lowest BCUT2D eigenvalue weighted by molar-refractivity contribution is 0.306. The van der Waals surface area contributed by atoms with Crippen LogP contribution < -0.4 is 10.1 Å². The Hall–Kier alpha value is -2.02. The van der Waals surface area contributed by atoms with Crippen LogP contribution in [0.5, 0.6) is 5.75 Å². The Bertz CT molecular complexity index is 635. The number of nitrogens with zero attached hydrogens (tertiary/aromatic N) is 1. The monoisotopic (exact) mass is 286 g/mol. The predicted octanol–water partition coefficient (Wildman–Crippen LogP) is 3.51. The van der Waals surface area contributed by atoms with Crippen molar-refractivity contribution in [2.75, 3.05) is 7.05 Å². The van der Waals surface area contributed by atoms with Crippen molar-refractivity contribution in [1.29, 1.82) is 5.26 Å². The number of ether oxygens (including phenoxy) is 1. The zero-order valence-electron chi connectivity index (χ0n) is 11.2. The third kappa shape index (κ3) is 3.51. The van der Waals surface area contributed by atoms with Crippen molar-refractivity contribution >= 4 is 11.6 Å². The average Bonchev–Trinajstić information content (AvgIpc) is 2.47. The summed E-state index contributed by atoms with van der Waals surface area (Å²) >= 11 is 6.19. The molecule has 0 heterocycles. The van der Waals surface area contributed by atoms with Gasteiger partial charge in [-0.1, -0.05) is 35.9 Å². The molecule has 0 aliphatic rings. The van der Waals surface area contributed by atoms with Crippen LogP contribution in [0.3, 0.4) is 0 Å². The van der Waals surface area contributed by atoms with Gasteiger partial charge in [0.25, 0.3) is 0 Å². The number of nitriles is 1. The molecule has 0 saturated carbocycles. The second kappa shape index (κ2) is 6.95. The van der Waals surface area contributed by atoms with Gasteiger partial charge in [-0.15, -0.1) is 0 Å². The van der Waals surface area contributed by atoms with E-state index < -0.39 is 0 Å². The Balaban J connectivity index is 2.09. The van der Waals surface area contributed by atoms with Gasteiger partial charge < -0.3 is 10.1 Å². The molecular formula is C16H15ClN2O. The summed E-state index contributed by atoms with van der Waals surface area (Å²) in [6, 6.07) is 15.2. The highest BCUT2D eigenvalue weighted by Gasteiger charge is 2.05. The molecule has 0 bridgehead atoms. The molecule has 0 saturated heterocycles. The molecule has 0 radical (unpaired) electrons. The zero-order valence-corrected chi connectivity index (χ0v) is 11.9. The molecule has 0 fully saturated rings. The van der Waals surface area contributed by atoms with Gasteiger partial charge >= 0.3 is 0 Å². The Morgan fingerprint density at radius 3 is 2.75 bits per heavy atom. The van der Waals surface area contributed by atoms with Crippen molar-refractivity contribution in [3.8, 4) is 11.8 Å². The molecule has 20 heavy (non-hydrogen) atoms. The molecule has 0 spiro atoms. The molecule has 102 valence electrons. The number of halogens is 1. The van der Waals surface area contributed by atoms with Crippen LogP contribution >= 0.6 is 11.6 Å². The minimum atomic E-state index is 0.328. The normalized spacial score (nSPS) is 10.1. The summed E-state index contributed by atoms with van der Waals surface area (Å²) < 4.78 is 5.70. The summed E-state index contributed by atoms with van der Waals surface area (Å²) in [6.07, 6.45) is 0. The maximum absolute atomic E-state index is 9.03. The van der Waals surface area contributed by atoms with Crippen LogP contribution in [0.25, 0.3) is 0 Å². The molecule has 2 rings (SSSR count). The van der Waals surface area contributed by atoms with Gasteiger partial charge in [0.05, 0.1) is 16.7 Å². The van der Waals surface area contributed by atoms with Crippen LogP contribution in [0.15, 0.2) is 42.5 Å². The lowest BCUT2D eigenvalue weighted by Crippen LogP contribution is -2.05. The van der Waals surface area contributed by atoms with E-state index in [2.05, 4.69) is 11.4 Å². The van der Waals surface area contributed by atoms with Gasteiger partial charge in [-0.25, -0.2) is 0 Å². The number of hydrogen-bond acceptors (Lipinski definition) is 3. The summed E-state index contributed by atoms with van der Waals surface area (Å²) in [6.45, 7) is 1.09.